The number of benzene rings is 2. The van der Waals surface area contributed by atoms with Crippen LogP contribution in [0.3, 0.4) is 0 Å². The van der Waals surface area contributed by atoms with Gasteiger partial charge in [0.05, 0.1) is 18.3 Å². The summed E-state index contributed by atoms with van der Waals surface area (Å²) in [6, 6.07) is 12.8. The van der Waals surface area contributed by atoms with Gasteiger partial charge in [-0.1, -0.05) is 48.2 Å². The number of carbonyl (C=O) groups excluding carboxylic acids is 1. The number of aromatic nitrogens is 3. The highest BCUT2D eigenvalue weighted by Gasteiger charge is 2.30. The second-order valence-corrected chi connectivity index (χ2v) is 8.37. The van der Waals surface area contributed by atoms with Crippen molar-refractivity contribution in [2.24, 2.45) is 0 Å². The summed E-state index contributed by atoms with van der Waals surface area (Å²) in [4.78, 5) is 12.4. The van der Waals surface area contributed by atoms with E-state index in [0.717, 1.165) is 30.3 Å². The lowest BCUT2D eigenvalue weighted by molar-refractivity contribution is -0.119. The minimum Gasteiger partial charge on any atom is -0.349 e. The molecule has 1 saturated carbocycles. The average molecular weight is 429 g/mol. The molecule has 8 heteroatoms. The molecule has 3 aromatic rings. The van der Waals surface area contributed by atoms with Crippen molar-refractivity contribution >= 4 is 17.7 Å². The lowest BCUT2D eigenvalue weighted by Crippen LogP contribution is -2.29. The first-order valence-corrected chi connectivity index (χ1v) is 10.8. The number of hydrogen-bond donors (Lipinski definition) is 1. The van der Waals surface area contributed by atoms with Crippen molar-refractivity contribution in [3.05, 3.63) is 77.1 Å². The monoisotopic (exact) mass is 428 g/mol. The van der Waals surface area contributed by atoms with Crippen LogP contribution in [-0.4, -0.2) is 26.4 Å². The molecule has 1 amide bonds. The van der Waals surface area contributed by atoms with Gasteiger partial charge in [-0.15, -0.1) is 10.2 Å². The molecule has 5 nitrogen and oxygen atoms in total. The van der Waals surface area contributed by atoms with Gasteiger partial charge in [0, 0.05) is 17.5 Å². The topological polar surface area (TPSA) is 59.8 Å². The van der Waals surface area contributed by atoms with Gasteiger partial charge in [-0.05, 0) is 31.4 Å². The van der Waals surface area contributed by atoms with E-state index in [1.54, 1.807) is 6.92 Å². The first-order chi connectivity index (χ1) is 14.5. The van der Waals surface area contributed by atoms with Crippen LogP contribution in [0, 0.1) is 11.6 Å². The van der Waals surface area contributed by atoms with Gasteiger partial charge in [-0.2, -0.15) is 0 Å². The summed E-state index contributed by atoms with van der Waals surface area (Å²) in [6.45, 7) is 2.32. The molecule has 1 N–H and O–H groups in total. The van der Waals surface area contributed by atoms with Crippen molar-refractivity contribution < 1.29 is 13.6 Å². The molecule has 0 saturated heterocycles. The molecule has 1 heterocycles. The van der Waals surface area contributed by atoms with Gasteiger partial charge >= 0.3 is 0 Å². The number of thioether (sulfide) groups is 1. The van der Waals surface area contributed by atoms with E-state index in [1.807, 2.05) is 18.2 Å². The third kappa shape index (κ3) is 4.87. The van der Waals surface area contributed by atoms with E-state index in [2.05, 4.69) is 32.2 Å². The van der Waals surface area contributed by atoms with Crippen LogP contribution < -0.4 is 5.32 Å². The second-order valence-electron chi connectivity index (χ2n) is 7.43. The van der Waals surface area contributed by atoms with Gasteiger partial charge < -0.3 is 9.88 Å². The maximum atomic E-state index is 13.9. The lowest BCUT2D eigenvalue weighted by Gasteiger charge is -2.15. The number of amides is 1. The van der Waals surface area contributed by atoms with Gasteiger partial charge in [0.1, 0.15) is 17.5 Å². The number of halogens is 2. The van der Waals surface area contributed by atoms with E-state index < -0.39 is 17.7 Å². The van der Waals surface area contributed by atoms with Gasteiger partial charge in [0.25, 0.3) is 0 Å². The lowest BCUT2D eigenvalue weighted by atomic mass is 10.1. The van der Waals surface area contributed by atoms with E-state index in [4.69, 9.17) is 0 Å². The van der Waals surface area contributed by atoms with Crippen LogP contribution in [0.5, 0.6) is 0 Å². The van der Waals surface area contributed by atoms with Crippen molar-refractivity contribution in [2.75, 3.05) is 5.75 Å². The Balaban J connectivity index is 1.41. The molecule has 30 heavy (non-hydrogen) atoms. The zero-order valence-electron chi connectivity index (χ0n) is 16.5. The third-order valence-corrected chi connectivity index (χ3v) is 5.98. The fourth-order valence-electron chi connectivity index (χ4n) is 3.31. The molecule has 0 bridgehead atoms. The highest BCUT2D eigenvalue weighted by molar-refractivity contribution is 7.99. The first kappa shape index (κ1) is 20.5. The predicted octanol–water partition coefficient (Wildman–Crippen LogP) is 4.45. The normalized spacial score (nSPS) is 14.5. The largest absolute Gasteiger partial charge is 0.349 e. The van der Waals surface area contributed by atoms with E-state index in [1.165, 1.54) is 23.9 Å². The van der Waals surface area contributed by atoms with Crippen molar-refractivity contribution in [1.29, 1.82) is 0 Å². The van der Waals surface area contributed by atoms with E-state index in [9.17, 15) is 13.6 Å². The molecule has 0 radical (unpaired) electrons. The number of nitrogens with one attached hydrogen (secondary N) is 1. The Bertz CT molecular complexity index is 1040. The maximum absolute atomic E-state index is 13.9. The van der Waals surface area contributed by atoms with Crippen LogP contribution in [0.4, 0.5) is 8.78 Å². The minimum absolute atomic E-state index is 0.130. The molecule has 1 unspecified atom stereocenters. The molecule has 4 rings (SSSR count). The quantitative estimate of drug-likeness (QED) is 0.539. The Hall–Kier alpha value is -2.74. The summed E-state index contributed by atoms with van der Waals surface area (Å²) < 4.78 is 29.1. The SMILES string of the molecule is CC(NC(=O)CSc1nnc(C2CC2)n1Cc1ccccc1)c1ccc(F)cc1F. The molecule has 1 aliphatic rings. The number of nitrogens with zero attached hydrogens (tertiary/aromatic N) is 3. The Labute approximate surface area is 177 Å². The highest BCUT2D eigenvalue weighted by Crippen LogP contribution is 2.40. The van der Waals surface area contributed by atoms with Gasteiger partial charge in [-0.3, -0.25) is 4.79 Å². The Morgan fingerprint density at radius 3 is 2.67 bits per heavy atom. The summed E-state index contributed by atoms with van der Waals surface area (Å²) in [5.41, 5.74) is 1.39. The van der Waals surface area contributed by atoms with Crippen LogP contribution in [0.25, 0.3) is 0 Å². The Kier molecular flexibility index (Phi) is 6.13. The van der Waals surface area contributed by atoms with Crippen molar-refractivity contribution in [3.8, 4) is 0 Å². The smallest absolute Gasteiger partial charge is 0.230 e. The molecular weight excluding hydrogens is 406 g/mol. The molecule has 1 fully saturated rings. The van der Waals surface area contributed by atoms with E-state index >= 15 is 0 Å². The van der Waals surface area contributed by atoms with E-state index in [-0.39, 0.29) is 17.2 Å². The maximum Gasteiger partial charge on any atom is 0.230 e. The van der Waals surface area contributed by atoms with E-state index in [0.29, 0.717) is 17.6 Å². The van der Waals surface area contributed by atoms with Crippen LogP contribution in [0.15, 0.2) is 53.7 Å². The summed E-state index contributed by atoms with van der Waals surface area (Å²) in [5.74, 6) is -0.0420. The predicted molar refractivity (Wildman–Crippen MR) is 111 cm³/mol. The van der Waals surface area contributed by atoms with Crippen LogP contribution >= 0.6 is 11.8 Å². The van der Waals surface area contributed by atoms with Crippen molar-refractivity contribution in [3.63, 3.8) is 0 Å². The second kappa shape index (κ2) is 8.95. The number of hydrogen-bond acceptors (Lipinski definition) is 4. The molecular formula is C22H22F2N4OS. The molecule has 1 atom stereocenters. The summed E-state index contributed by atoms with van der Waals surface area (Å²) in [6.07, 6.45) is 2.22. The fourth-order valence-corrected chi connectivity index (χ4v) is 4.06. The van der Waals surface area contributed by atoms with Crippen LogP contribution in [-0.2, 0) is 11.3 Å². The molecule has 1 aromatic heterocycles. The van der Waals surface area contributed by atoms with Crippen molar-refractivity contribution in [2.45, 2.75) is 43.4 Å². The molecule has 1 aliphatic carbocycles. The summed E-state index contributed by atoms with van der Waals surface area (Å²) >= 11 is 1.31. The average Bonchev–Trinajstić information content (AvgIpc) is 3.49. The zero-order chi connectivity index (χ0) is 21.1. The third-order valence-electron chi connectivity index (χ3n) is 5.01. The molecule has 2 aromatic carbocycles. The molecule has 0 spiro atoms. The standard InChI is InChI=1S/C22H22F2N4OS/c1-14(18-10-9-17(23)11-19(18)24)25-20(29)13-30-22-27-26-21(16-7-8-16)28(22)12-15-5-3-2-4-6-15/h2-6,9-11,14,16H,7-8,12-13H2,1H3,(H,25,29). The zero-order valence-corrected chi connectivity index (χ0v) is 17.3. The summed E-state index contributed by atoms with van der Waals surface area (Å²) in [7, 11) is 0. The Morgan fingerprint density at radius 1 is 1.20 bits per heavy atom. The van der Waals surface area contributed by atoms with Crippen LogP contribution in [0.1, 0.15) is 48.7 Å². The number of rotatable bonds is 8. The van der Waals surface area contributed by atoms with Gasteiger partial charge in [0.15, 0.2) is 5.16 Å². The minimum atomic E-state index is -0.674. The highest BCUT2D eigenvalue weighted by atomic mass is 32.2. The Morgan fingerprint density at radius 2 is 1.97 bits per heavy atom. The van der Waals surface area contributed by atoms with Crippen LogP contribution in [0.2, 0.25) is 0 Å². The number of carbonyl (C=O) groups is 1. The molecule has 0 aliphatic heterocycles. The fraction of sp³-hybridized carbons (Fsp3) is 0.318. The summed E-state index contributed by atoms with van der Waals surface area (Å²) in [5, 5.41) is 12.1. The van der Waals surface area contributed by atoms with Gasteiger partial charge in [0.2, 0.25) is 5.91 Å². The van der Waals surface area contributed by atoms with Crippen molar-refractivity contribution in [1.82, 2.24) is 20.1 Å². The van der Waals surface area contributed by atoms with Gasteiger partial charge in [-0.25, -0.2) is 8.78 Å². The first-order valence-electron chi connectivity index (χ1n) is 9.85. The molecule has 156 valence electrons.